The average Bonchev–Trinajstić information content (AvgIpc) is 3.31. The van der Waals surface area contributed by atoms with E-state index >= 15 is 0 Å². The van der Waals surface area contributed by atoms with E-state index in [1.165, 1.54) is 12.8 Å². The van der Waals surface area contributed by atoms with Crippen LogP contribution in [0.4, 0.5) is 5.69 Å². The van der Waals surface area contributed by atoms with Crippen LogP contribution in [0, 0.1) is 0 Å². The zero-order chi connectivity index (χ0) is 17.9. The molecule has 0 atom stereocenters. The molecule has 0 radical (unpaired) electrons. The lowest BCUT2D eigenvalue weighted by Crippen LogP contribution is -2.25. The van der Waals surface area contributed by atoms with Crippen molar-refractivity contribution in [3.63, 3.8) is 0 Å². The van der Waals surface area contributed by atoms with Crippen molar-refractivity contribution >= 4 is 17.4 Å². The summed E-state index contributed by atoms with van der Waals surface area (Å²) in [6, 6.07) is 13.2. The van der Waals surface area contributed by atoms with Crippen LogP contribution in [0.25, 0.3) is 0 Å². The van der Waals surface area contributed by atoms with Crippen LogP contribution >= 0.6 is 0 Å². The van der Waals surface area contributed by atoms with E-state index < -0.39 is 5.97 Å². The summed E-state index contributed by atoms with van der Waals surface area (Å²) in [6.45, 7) is 3.90. The predicted molar refractivity (Wildman–Crippen MR) is 101 cm³/mol. The zero-order valence-corrected chi connectivity index (χ0v) is 14.6. The van der Waals surface area contributed by atoms with Crippen LogP contribution in [0.1, 0.15) is 34.3 Å². The number of para-hydroxylation sites is 2. The quantitative estimate of drug-likeness (QED) is 0.866. The molecule has 0 bridgehead atoms. The van der Waals surface area contributed by atoms with Crippen LogP contribution in [-0.2, 0) is 6.42 Å². The van der Waals surface area contributed by atoms with Crippen LogP contribution in [0.2, 0.25) is 0 Å². The van der Waals surface area contributed by atoms with Crippen molar-refractivity contribution in [2.45, 2.75) is 19.3 Å². The minimum Gasteiger partial charge on any atom is -0.492 e. The molecule has 5 heteroatoms. The number of nitrogens with zero attached hydrogens (tertiary/aromatic N) is 2. The van der Waals surface area contributed by atoms with Crippen molar-refractivity contribution < 1.29 is 14.6 Å². The van der Waals surface area contributed by atoms with Crippen LogP contribution < -0.4 is 4.74 Å². The van der Waals surface area contributed by atoms with Crippen LogP contribution in [-0.4, -0.2) is 47.9 Å². The van der Waals surface area contributed by atoms with E-state index in [0.717, 1.165) is 42.2 Å². The summed E-state index contributed by atoms with van der Waals surface area (Å²) in [4.78, 5) is 18.5. The molecular weight excluding hydrogens is 328 g/mol. The molecule has 2 heterocycles. The lowest BCUT2D eigenvalue weighted by Gasteiger charge is -2.16. The number of fused-ring (bicyclic) bond motifs is 1. The van der Waals surface area contributed by atoms with Crippen molar-refractivity contribution in [1.29, 1.82) is 0 Å². The number of benzene rings is 2. The maximum Gasteiger partial charge on any atom is 0.337 e. The van der Waals surface area contributed by atoms with E-state index in [-0.39, 0.29) is 5.56 Å². The first-order valence-corrected chi connectivity index (χ1v) is 9.09. The Hall–Kier alpha value is -2.66. The van der Waals surface area contributed by atoms with Gasteiger partial charge in [-0.15, -0.1) is 0 Å². The molecule has 1 fully saturated rings. The number of hydrogen-bond donors (Lipinski definition) is 1. The summed E-state index contributed by atoms with van der Waals surface area (Å²) >= 11 is 0. The van der Waals surface area contributed by atoms with Crippen molar-refractivity contribution in [2.24, 2.45) is 4.99 Å². The molecule has 2 aliphatic rings. The van der Waals surface area contributed by atoms with Gasteiger partial charge >= 0.3 is 5.97 Å². The van der Waals surface area contributed by atoms with Gasteiger partial charge in [0, 0.05) is 18.5 Å². The highest BCUT2D eigenvalue weighted by Crippen LogP contribution is 2.34. The molecule has 5 nitrogen and oxygen atoms in total. The summed E-state index contributed by atoms with van der Waals surface area (Å²) in [5.74, 6) is -0.128. The highest BCUT2D eigenvalue weighted by atomic mass is 16.5. The first kappa shape index (κ1) is 16.8. The Kier molecular flexibility index (Phi) is 4.71. The van der Waals surface area contributed by atoms with Crippen molar-refractivity contribution in [2.75, 3.05) is 26.2 Å². The third-order valence-electron chi connectivity index (χ3n) is 5.02. The number of hydrogen-bond acceptors (Lipinski definition) is 4. The Labute approximate surface area is 152 Å². The maximum atomic E-state index is 11.4. The number of carboxylic acids is 1. The van der Waals surface area contributed by atoms with E-state index in [9.17, 15) is 9.90 Å². The molecular formula is C21H22N2O3. The van der Waals surface area contributed by atoms with Gasteiger partial charge in [-0.3, -0.25) is 9.89 Å². The van der Waals surface area contributed by atoms with Crippen LogP contribution in [0.5, 0.6) is 5.75 Å². The summed E-state index contributed by atoms with van der Waals surface area (Å²) in [7, 11) is 0. The number of carbonyl (C=O) groups is 1. The predicted octanol–water partition coefficient (Wildman–Crippen LogP) is 3.54. The fraction of sp³-hybridized carbons (Fsp3) is 0.333. The fourth-order valence-corrected chi connectivity index (χ4v) is 3.67. The van der Waals surface area contributed by atoms with E-state index in [2.05, 4.69) is 9.89 Å². The van der Waals surface area contributed by atoms with Gasteiger partial charge in [0.15, 0.2) is 0 Å². The molecule has 2 aliphatic heterocycles. The second-order valence-corrected chi connectivity index (χ2v) is 6.75. The van der Waals surface area contributed by atoms with Gasteiger partial charge in [-0.1, -0.05) is 24.3 Å². The first-order chi connectivity index (χ1) is 12.7. The number of likely N-dealkylation sites (tertiary alicyclic amines) is 1. The lowest BCUT2D eigenvalue weighted by atomic mass is 10.0. The molecule has 1 N–H and O–H groups in total. The van der Waals surface area contributed by atoms with Gasteiger partial charge in [0.2, 0.25) is 0 Å². The van der Waals surface area contributed by atoms with E-state index in [0.29, 0.717) is 18.7 Å². The molecule has 0 unspecified atom stereocenters. The van der Waals surface area contributed by atoms with Gasteiger partial charge in [0.05, 0.1) is 17.0 Å². The second kappa shape index (κ2) is 7.30. The molecule has 0 amide bonds. The molecule has 4 rings (SSSR count). The minimum atomic E-state index is -0.943. The molecule has 0 spiro atoms. The van der Waals surface area contributed by atoms with Gasteiger partial charge in [-0.25, -0.2) is 4.79 Å². The molecule has 0 saturated carbocycles. The van der Waals surface area contributed by atoms with Gasteiger partial charge < -0.3 is 9.84 Å². The minimum absolute atomic E-state index is 0.255. The standard InChI is InChI=1S/C21H22N2O3/c24-21(25)17-8-5-6-15-14-18(22-20(15)17)16-7-1-2-9-19(16)26-13-12-23-10-3-4-11-23/h1-2,5-9H,3-4,10-14H2,(H,24,25). The van der Waals surface area contributed by atoms with Crippen LogP contribution in [0.3, 0.4) is 0 Å². The maximum absolute atomic E-state index is 11.4. The van der Waals surface area contributed by atoms with Gasteiger partial charge in [0.25, 0.3) is 0 Å². The van der Waals surface area contributed by atoms with E-state index in [1.54, 1.807) is 12.1 Å². The van der Waals surface area contributed by atoms with Gasteiger partial charge in [0.1, 0.15) is 12.4 Å². The molecule has 0 aromatic heterocycles. The average molecular weight is 350 g/mol. The third kappa shape index (κ3) is 3.35. The van der Waals surface area contributed by atoms with Crippen molar-refractivity contribution in [1.82, 2.24) is 4.90 Å². The first-order valence-electron chi connectivity index (χ1n) is 9.09. The summed E-state index contributed by atoms with van der Waals surface area (Å²) in [5, 5.41) is 9.38. The molecule has 26 heavy (non-hydrogen) atoms. The normalized spacial score (nSPS) is 16.4. The Morgan fingerprint density at radius 3 is 2.73 bits per heavy atom. The third-order valence-corrected chi connectivity index (χ3v) is 5.02. The van der Waals surface area contributed by atoms with E-state index in [4.69, 9.17) is 4.74 Å². The SMILES string of the molecule is O=C(O)c1cccc2c1N=C(c1ccccc1OCCN1CCCC1)C2. The molecule has 2 aromatic rings. The Bertz CT molecular complexity index is 854. The van der Waals surface area contributed by atoms with Crippen molar-refractivity contribution in [3.8, 4) is 5.75 Å². The van der Waals surface area contributed by atoms with E-state index in [1.807, 2.05) is 30.3 Å². The fourth-order valence-electron chi connectivity index (χ4n) is 3.67. The van der Waals surface area contributed by atoms with Gasteiger partial charge in [-0.05, 0) is 49.7 Å². The largest absolute Gasteiger partial charge is 0.492 e. The van der Waals surface area contributed by atoms with Crippen LogP contribution in [0.15, 0.2) is 47.5 Å². The summed E-state index contributed by atoms with van der Waals surface area (Å²) in [6.07, 6.45) is 3.18. The lowest BCUT2D eigenvalue weighted by molar-refractivity contribution is 0.0698. The number of rotatable bonds is 6. The monoisotopic (exact) mass is 350 g/mol. The Balaban J connectivity index is 1.54. The zero-order valence-electron chi connectivity index (χ0n) is 14.6. The smallest absolute Gasteiger partial charge is 0.337 e. The molecule has 0 aliphatic carbocycles. The highest BCUT2D eigenvalue weighted by molar-refractivity contribution is 6.10. The van der Waals surface area contributed by atoms with Gasteiger partial charge in [-0.2, -0.15) is 0 Å². The number of aliphatic imine (C=N–C) groups is 1. The number of aromatic carboxylic acids is 1. The Morgan fingerprint density at radius 1 is 1.12 bits per heavy atom. The molecule has 2 aromatic carbocycles. The molecule has 1 saturated heterocycles. The molecule has 134 valence electrons. The Morgan fingerprint density at radius 2 is 1.92 bits per heavy atom. The van der Waals surface area contributed by atoms with Crippen molar-refractivity contribution in [3.05, 3.63) is 59.2 Å². The second-order valence-electron chi connectivity index (χ2n) is 6.75. The summed E-state index contributed by atoms with van der Waals surface area (Å²) < 4.78 is 6.05. The topological polar surface area (TPSA) is 62.1 Å². The number of carboxylic acid groups (broad SMARTS) is 1. The number of ether oxygens (including phenoxy) is 1. The highest BCUT2D eigenvalue weighted by Gasteiger charge is 2.23. The summed E-state index contributed by atoms with van der Waals surface area (Å²) in [5.41, 5.74) is 3.59.